The number of pyridine rings is 1. The Morgan fingerprint density at radius 3 is 2.72 bits per heavy atom. The van der Waals surface area contributed by atoms with Crippen molar-refractivity contribution in [2.45, 2.75) is 19.8 Å². The largest absolute Gasteiger partial charge is 0.496 e. The summed E-state index contributed by atoms with van der Waals surface area (Å²) in [5.41, 5.74) is -0.427. The van der Waals surface area contributed by atoms with Crippen LogP contribution in [-0.2, 0) is 16.0 Å². The van der Waals surface area contributed by atoms with Gasteiger partial charge in [0, 0.05) is 11.6 Å². The highest BCUT2D eigenvalue weighted by Gasteiger charge is 2.22. The van der Waals surface area contributed by atoms with E-state index in [1.807, 2.05) is 0 Å². The fourth-order valence-corrected chi connectivity index (χ4v) is 1.83. The second-order valence-corrected chi connectivity index (χ2v) is 4.11. The lowest BCUT2D eigenvalue weighted by atomic mass is 10.1. The summed E-state index contributed by atoms with van der Waals surface area (Å²) < 4.78 is 35.7. The van der Waals surface area contributed by atoms with Gasteiger partial charge in [-0.05, 0) is 22.9 Å². The molecule has 0 spiro atoms. The van der Waals surface area contributed by atoms with Crippen LogP contribution in [0.4, 0.5) is 8.78 Å². The zero-order valence-corrected chi connectivity index (χ0v) is 11.5. The van der Waals surface area contributed by atoms with E-state index in [9.17, 15) is 13.6 Å². The van der Waals surface area contributed by atoms with Crippen LogP contribution in [0.5, 0.6) is 5.75 Å². The van der Waals surface area contributed by atoms with E-state index in [0.717, 1.165) is 0 Å². The van der Waals surface area contributed by atoms with Crippen LogP contribution < -0.4 is 4.74 Å². The van der Waals surface area contributed by atoms with E-state index < -0.39 is 18.1 Å². The third-order valence-corrected chi connectivity index (χ3v) is 2.54. The van der Waals surface area contributed by atoms with Crippen molar-refractivity contribution < 1.29 is 23.0 Å². The van der Waals surface area contributed by atoms with E-state index in [1.54, 1.807) is 6.92 Å². The van der Waals surface area contributed by atoms with Gasteiger partial charge in [0.05, 0.1) is 20.1 Å². The van der Waals surface area contributed by atoms with Crippen LogP contribution in [0.3, 0.4) is 0 Å². The van der Waals surface area contributed by atoms with E-state index in [4.69, 9.17) is 9.47 Å². The number of alkyl halides is 2. The van der Waals surface area contributed by atoms with Crippen LogP contribution >= 0.6 is 15.9 Å². The highest BCUT2D eigenvalue weighted by atomic mass is 79.9. The zero-order valence-electron chi connectivity index (χ0n) is 9.87. The SMILES string of the molecule is CCOC(=O)Cc1c(OC)cc(Br)nc1C(F)F. The minimum atomic E-state index is -2.79. The van der Waals surface area contributed by atoms with Gasteiger partial charge in [-0.2, -0.15) is 0 Å². The van der Waals surface area contributed by atoms with Crippen LogP contribution in [0.15, 0.2) is 10.7 Å². The van der Waals surface area contributed by atoms with Gasteiger partial charge < -0.3 is 9.47 Å². The summed E-state index contributed by atoms with van der Waals surface area (Å²) in [7, 11) is 1.34. The summed E-state index contributed by atoms with van der Waals surface area (Å²) in [6.45, 7) is 1.83. The summed E-state index contributed by atoms with van der Waals surface area (Å²) in [4.78, 5) is 15.1. The Hall–Kier alpha value is -1.24. The third kappa shape index (κ3) is 3.63. The Morgan fingerprint density at radius 2 is 2.22 bits per heavy atom. The van der Waals surface area contributed by atoms with E-state index in [1.165, 1.54) is 13.2 Å². The first-order valence-electron chi connectivity index (χ1n) is 5.16. The van der Waals surface area contributed by atoms with Crippen molar-refractivity contribution in [2.24, 2.45) is 0 Å². The maximum Gasteiger partial charge on any atom is 0.310 e. The van der Waals surface area contributed by atoms with Crippen LogP contribution in [0.2, 0.25) is 0 Å². The molecule has 0 saturated heterocycles. The molecule has 1 aromatic heterocycles. The van der Waals surface area contributed by atoms with Crippen molar-refractivity contribution in [1.29, 1.82) is 0 Å². The summed E-state index contributed by atoms with van der Waals surface area (Å²) in [5.74, 6) is -0.415. The highest BCUT2D eigenvalue weighted by molar-refractivity contribution is 9.10. The van der Waals surface area contributed by atoms with Crippen molar-refractivity contribution in [1.82, 2.24) is 4.98 Å². The molecule has 0 radical (unpaired) electrons. The smallest absolute Gasteiger partial charge is 0.310 e. The van der Waals surface area contributed by atoms with Gasteiger partial charge in [0.25, 0.3) is 6.43 Å². The minimum absolute atomic E-state index is 0.0501. The number of methoxy groups -OCH3 is 1. The molecule has 0 fully saturated rings. The average molecular weight is 324 g/mol. The number of carbonyl (C=O) groups excluding carboxylic acids is 1. The normalized spacial score (nSPS) is 10.6. The van der Waals surface area contributed by atoms with Crippen LogP contribution in [-0.4, -0.2) is 24.7 Å². The fraction of sp³-hybridized carbons (Fsp3) is 0.455. The summed E-state index contributed by atoms with van der Waals surface area (Å²) in [6.07, 6.45) is -3.09. The van der Waals surface area contributed by atoms with Crippen molar-refractivity contribution in [3.8, 4) is 5.75 Å². The van der Waals surface area contributed by atoms with Crippen LogP contribution in [0.25, 0.3) is 0 Å². The Bertz CT molecular complexity index is 441. The molecule has 7 heteroatoms. The number of halogens is 3. The molecule has 0 aliphatic carbocycles. The first-order chi connectivity index (χ1) is 8.49. The highest BCUT2D eigenvalue weighted by Crippen LogP contribution is 2.31. The van der Waals surface area contributed by atoms with Gasteiger partial charge in [-0.3, -0.25) is 4.79 Å². The van der Waals surface area contributed by atoms with Crippen molar-refractivity contribution in [3.63, 3.8) is 0 Å². The Labute approximate surface area is 111 Å². The number of aromatic nitrogens is 1. The summed E-state index contributed by atoms with van der Waals surface area (Å²) in [6, 6.07) is 1.43. The van der Waals surface area contributed by atoms with Gasteiger partial charge in [-0.1, -0.05) is 0 Å². The number of hydrogen-bond acceptors (Lipinski definition) is 4. The quantitative estimate of drug-likeness (QED) is 0.617. The molecule has 0 atom stereocenters. The Kier molecular flexibility index (Phi) is 5.46. The monoisotopic (exact) mass is 323 g/mol. The molecule has 1 rings (SSSR count). The number of carbonyl (C=O) groups is 1. The van der Waals surface area contributed by atoms with Crippen molar-refractivity contribution >= 4 is 21.9 Å². The molecule has 0 amide bonds. The molecule has 1 aromatic rings. The number of esters is 1. The van der Waals surface area contributed by atoms with Gasteiger partial charge in [0.15, 0.2) is 0 Å². The second-order valence-electron chi connectivity index (χ2n) is 3.29. The molecular formula is C11H12BrF2NO3. The third-order valence-electron chi connectivity index (χ3n) is 2.14. The van der Waals surface area contributed by atoms with E-state index in [0.29, 0.717) is 0 Å². The number of hydrogen-bond donors (Lipinski definition) is 0. The molecule has 0 saturated carbocycles. The fourth-order valence-electron chi connectivity index (χ4n) is 1.43. The molecule has 0 N–H and O–H groups in total. The van der Waals surface area contributed by atoms with Gasteiger partial charge in [0.1, 0.15) is 16.0 Å². The molecule has 0 aromatic carbocycles. The number of ether oxygens (including phenoxy) is 2. The van der Waals surface area contributed by atoms with Crippen molar-refractivity contribution in [3.05, 3.63) is 21.9 Å². The standard InChI is InChI=1S/C11H12BrF2NO3/c1-3-18-9(16)4-6-7(17-2)5-8(12)15-10(6)11(13)14/h5,11H,3-4H2,1-2H3. The predicted octanol–water partition coefficient (Wildman–Crippen LogP) is 2.90. The molecule has 4 nitrogen and oxygen atoms in total. The van der Waals surface area contributed by atoms with Gasteiger partial charge in [-0.15, -0.1) is 0 Å². The lowest BCUT2D eigenvalue weighted by Gasteiger charge is -2.13. The summed E-state index contributed by atoms with van der Waals surface area (Å²) >= 11 is 3.01. The summed E-state index contributed by atoms with van der Waals surface area (Å²) in [5, 5.41) is 0. The molecule has 18 heavy (non-hydrogen) atoms. The first-order valence-corrected chi connectivity index (χ1v) is 5.96. The Morgan fingerprint density at radius 1 is 1.56 bits per heavy atom. The molecule has 0 bridgehead atoms. The van der Waals surface area contributed by atoms with Crippen LogP contribution in [0.1, 0.15) is 24.6 Å². The molecule has 100 valence electrons. The second kappa shape index (κ2) is 6.63. The zero-order chi connectivity index (χ0) is 13.7. The van der Waals surface area contributed by atoms with Crippen molar-refractivity contribution in [2.75, 3.05) is 13.7 Å². The molecule has 0 aliphatic rings. The molecular weight excluding hydrogens is 312 g/mol. The topological polar surface area (TPSA) is 48.4 Å². The van der Waals surface area contributed by atoms with E-state index in [-0.39, 0.29) is 28.9 Å². The Balaban J connectivity index is 3.16. The maximum absolute atomic E-state index is 12.9. The number of nitrogens with zero attached hydrogens (tertiary/aromatic N) is 1. The van der Waals surface area contributed by atoms with Crippen LogP contribution in [0, 0.1) is 0 Å². The van der Waals surface area contributed by atoms with E-state index in [2.05, 4.69) is 20.9 Å². The van der Waals surface area contributed by atoms with Gasteiger partial charge >= 0.3 is 5.97 Å². The maximum atomic E-state index is 12.9. The van der Waals surface area contributed by atoms with E-state index >= 15 is 0 Å². The van der Waals surface area contributed by atoms with Gasteiger partial charge in [-0.25, -0.2) is 13.8 Å². The molecule has 0 unspecified atom stereocenters. The number of rotatable bonds is 5. The lowest BCUT2D eigenvalue weighted by Crippen LogP contribution is -2.12. The van der Waals surface area contributed by atoms with Gasteiger partial charge in [0.2, 0.25) is 0 Å². The molecule has 1 heterocycles. The lowest BCUT2D eigenvalue weighted by molar-refractivity contribution is -0.142. The predicted molar refractivity (Wildman–Crippen MR) is 63.8 cm³/mol. The molecule has 0 aliphatic heterocycles. The first kappa shape index (κ1) is 14.8. The average Bonchev–Trinajstić information content (AvgIpc) is 2.30. The minimum Gasteiger partial charge on any atom is -0.496 e.